The summed E-state index contributed by atoms with van der Waals surface area (Å²) in [5.41, 5.74) is 1.63. The first-order chi connectivity index (χ1) is 9.33. The Morgan fingerprint density at radius 3 is 2.30 bits per heavy atom. The Labute approximate surface area is 129 Å². The second kappa shape index (κ2) is 4.91. The van der Waals surface area contributed by atoms with Crippen LogP contribution in [0.4, 0.5) is 0 Å². The fraction of sp³-hybridized carbons (Fsp3) is 0.625. The minimum atomic E-state index is -0.945. The summed E-state index contributed by atoms with van der Waals surface area (Å²) in [6, 6.07) is 8.38. The van der Waals surface area contributed by atoms with E-state index in [9.17, 15) is 4.55 Å². The molecule has 0 aromatic heterocycles. The van der Waals surface area contributed by atoms with Crippen LogP contribution < -0.4 is 0 Å². The minimum absolute atomic E-state index is 0.198. The van der Waals surface area contributed by atoms with Crippen molar-refractivity contribution in [2.45, 2.75) is 50.8 Å². The van der Waals surface area contributed by atoms with E-state index < -0.39 is 11.4 Å². The van der Waals surface area contributed by atoms with Crippen molar-refractivity contribution in [1.82, 2.24) is 4.31 Å². The van der Waals surface area contributed by atoms with Gasteiger partial charge in [0.1, 0.15) is 4.75 Å². The van der Waals surface area contributed by atoms with Gasteiger partial charge in [-0.3, -0.25) is 0 Å². The molecule has 3 rings (SSSR count). The van der Waals surface area contributed by atoms with Gasteiger partial charge in [-0.1, -0.05) is 30.2 Å². The van der Waals surface area contributed by atoms with Crippen LogP contribution in [-0.4, -0.2) is 20.1 Å². The molecule has 2 fully saturated rings. The lowest BCUT2D eigenvalue weighted by Gasteiger charge is -2.61. The summed E-state index contributed by atoms with van der Waals surface area (Å²) in [4.78, 5) is 0. The predicted octanol–water partition coefficient (Wildman–Crippen LogP) is 4.33. The lowest BCUT2D eigenvalue weighted by molar-refractivity contribution is -0.0789. The van der Waals surface area contributed by atoms with Crippen LogP contribution >= 0.6 is 11.6 Å². The molecule has 2 aliphatic rings. The molecule has 1 aromatic rings. The molecule has 2 atom stereocenters. The topological polar surface area (TPSA) is 26.3 Å². The number of halogens is 1. The standard InChI is InChI=1S/C16H22ClNOS/c1-15(2,3)20(19)18-11-16(9-4-10-16)14(18)12-5-7-13(17)8-6-12/h5-8,14H,4,9-11H2,1-3H3/t14-,20?/m0/s1. The number of hydrogen-bond acceptors (Lipinski definition) is 2. The molecule has 1 aliphatic carbocycles. The number of rotatable bonds is 2. The zero-order valence-electron chi connectivity index (χ0n) is 12.4. The normalized spacial score (nSPS) is 26.9. The van der Waals surface area contributed by atoms with Gasteiger partial charge in [0, 0.05) is 21.8 Å². The summed E-state index contributed by atoms with van der Waals surface area (Å²) in [6.45, 7) is 7.12. The molecule has 2 nitrogen and oxygen atoms in total. The van der Waals surface area contributed by atoms with E-state index in [2.05, 4.69) is 16.4 Å². The highest BCUT2D eigenvalue weighted by Crippen LogP contribution is 2.62. The molecule has 1 aromatic carbocycles. The van der Waals surface area contributed by atoms with Crippen LogP contribution in [0, 0.1) is 5.41 Å². The Balaban J connectivity index is 1.88. The Hall–Kier alpha value is -0.220. The maximum atomic E-state index is 12.7. The summed E-state index contributed by atoms with van der Waals surface area (Å²) in [7, 11) is 0. The van der Waals surface area contributed by atoms with Crippen LogP contribution in [0.1, 0.15) is 51.6 Å². The van der Waals surface area contributed by atoms with Crippen molar-refractivity contribution >= 4 is 23.0 Å². The van der Waals surface area contributed by atoms with Crippen molar-refractivity contribution in [3.63, 3.8) is 0 Å². The number of benzene rings is 1. The minimum Gasteiger partial charge on any atom is -0.597 e. The van der Waals surface area contributed by atoms with E-state index in [1.54, 1.807) is 0 Å². The second-order valence-electron chi connectivity index (χ2n) is 7.11. The molecule has 0 radical (unpaired) electrons. The van der Waals surface area contributed by atoms with Crippen molar-refractivity contribution < 1.29 is 4.55 Å². The van der Waals surface area contributed by atoms with Gasteiger partial charge in [0.05, 0.1) is 12.6 Å². The number of nitrogens with zero attached hydrogens (tertiary/aromatic N) is 1. The van der Waals surface area contributed by atoms with E-state index in [1.807, 2.05) is 32.9 Å². The average Bonchev–Trinajstić information content (AvgIpc) is 2.27. The van der Waals surface area contributed by atoms with Crippen LogP contribution in [-0.2, 0) is 11.4 Å². The molecule has 1 unspecified atom stereocenters. The molecule has 1 heterocycles. The van der Waals surface area contributed by atoms with E-state index >= 15 is 0 Å². The maximum absolute atomic E-state index is 12.7. The van der Waals surface area contributed by atoms with Crippen molar-refractivity contribution in [3.8, 4) is 0 Å². The van der Waals surface area contributed by atoms with Gasteiger partial charge < -0.3 is 4.55 Å². The van der Waals surface area contributed by atoms with Gasteiger partial charge in [-0.25, -0.2) is 0 Å². The summed E-state index contributed by atoms with van der Waals surface area (Å²) in [5.74, 6) is 0. The van der Waals surface area contributed by atoms with Gasteiger partial charge in [-0.15, -0.1) is 4.31 Å². The van der Waals surface area contributed by atoms with Crippen LogP contribution in [0.5, 0.6) is 0 Å². The Bertz CT molecular complexity index is 492. The van der Waals surface area contributed by atoms with Crippen LogP contribution in [0.2, 0.25) is 5.02 Å². The molecule has 0 bridgehead atoms. The van der Waals surface area contributed by atoms with Gasteiger partial charge in [0.2, 0.25) is 0 Å². The SMILES string of the molecule is CC(C)(C)[S+]([O-])N1CC2(CCC2)[C@@H]1c1ccc(Cl)cc1. The Morgan fingerprint density at radius 1 is 1.25 bits per heavy atom. The lowest BCUT2D eigenvalue weighted by atomic mass is 9.58. The molecule has 0 amide bonds. The van der Waals surface area contributed by atoms with Gasteiger partial charge in [-0.2, -0.15) is 0 Å². The molecule has 110 valence electrons. The van der Waals surface area contributed by atoms with E-state index in [0.29, 0.717) is 11.5 Å². The highest BCUT2D eigenvalue weighted by atomic mass is 35.5. The monoisotopic (exact) mass is 311 g/mol. The van der Waals surface area contributed by atoms with E-state index in [0.717, 1.165) is 11.6 Å². The third-order valence-corrected chi connectivity index (χ3v) is 6.68. The molecule has 4 heteroatoms. The molecule has 1 saturated carbocycles. The molecular weight excluding hydrogens is 290 g/mol. The van der Waals surface area contributed by atoms with Gasteiger partial charge in [0.15, 0.2) is 0 Å². The first-order valence-electron chi connectivity index (χ1n) is 7.28. The Kier molecular flexibility index (Phi) is 3.61. The first kappa shape index (κ1) is 14.7. The highest BCUT2D eigenvalue weighted by Gasteiger charge is 2.62. The van der Waals surface area contributed by atoms with Gasteiger partial charge in [0.25, 0.3) is 0 Å². The van der Waals surface area contributed by atoms with Crippen LogP contribution in [0.25, 0.3) is 0 Å². The summed E-state index contributed by atoms with van der Waals surface area (Å²) in [5, 5.41) is 0.763. The molecule has 1 aliphatic heterocycles. The van der Waals surface area contributed by atoms with Gasteiger partial charge in [-0.05, 0) is 51.3 Å². The number of hydrogen-bond donors (Lipinski definition) is 0. The predicted molar refractivity (Wildman–Crippen MR) is 85.1 cm³/mol. The first-order valence-corrected chi connectivity index (χ1v) is 8.76. The second-order valence-corrected chi connectivity index (χ2v) is 9.74. The molecule has 0 N–H and O–H groups in total. The molecule has 20 heavy (non-hydrogen) atoms. The fourth-order valence-corrected chi connectivity index (χ4v) is 5.16. The quantitative estimate of drug-likeness (QED) is 0.760. The van der Waals surface area contributed by atoms with Gasteiger partial charge >= 0.3 is 0 Å². The molecule has 1 spiro atoms. The third kappa shape index (κ3) is 2.29. The maximum Gasteiger partial charge on any atom is 0.137 e. The fourth-order valence-electron chi connectivity index (χ4n) is 3.41. The van der Waals surface area contributed by atoms with Crippen molar-refractivity contribution in [2.24, 2.45) is 5.41 Å². The van der Waals surface area contributed by atoms with Crippen LogP contribution in [0.3, 0.4) is 0 Å². The molecule has 1 saturated heterocycles. The third-order valence-electron chi connectivity index (χ3n) is 4.61. The van der Waals surface area contributed by atoms with Crippen molar-refractivity contribution in [1.29, 1.82) is 0 Å². The zero-order chi connectivity index (χ0) is 14.5. The zero-order valence-corrected chi connectivity index (χ0v) is 13.9. The summed E-state index contributed by atoms with van der Waals surface area (Å²) in [6.07, 6.45) is 3.83. The summed E-state index contributed by atoms with van der Waals surface area (Å²) < 4.78 is 14.7. The molecular formula is C16H22ClNOS. The van der Waals surface area contributed by atoms with Crippen LogP contribution in [0.15, 0.2) is 24.3 Å². The van der Waals surface area contributed by atoms with Crippen molar-refractivity contribution in [2.75, 3.05) is 6.54 Å². The van der Waals surface area contributed by atoms with E-state index in [4.69, 9.17) is 11.6 Å². The summed E-state index contributed by atoms with van der Waals surface area (Å²) >= 11 is 5.05. The van der Waals surface area contributed by atoms with E-state index in [-0.39, 0.29) is 4.75 Å². The Morgan fingerprint density at radius 2 is 1.85 bits per heavy atom. The smallest absolute Gasteiger partial charge is 0.137 e. The highest BCUT2D eigenvalue weighted by molar-refractivity contribution is 7.90. The average molecular weight is 312 g/mol. The largest absolute Gasteiger partial charge is 0.597 e. The van der Waals surface area contributed by atoms with Crippen molar-refractivity contribution in [3.05, 3.63) is 34.9 Å². The lowest BCUT2D eigenvalue weighted by Crippen LogP contribution is -2.65. The van der Waals surface area contributed by atoms with E-state index in [1.165, 1.54) is 24.8 Å².